The molecule has 1 aliphatic heterocycles. The summed E-state index contributed by atoms with van der Waals surface area (Å²) in [5, 5.41) is -0.488. The lowest BCUT2D eigenvalue weighted by molar-refractivity contribution is -0.137. The van der Waals surface area contributed by atoms with Crippen molar-refractivity contribution in [2.45, 2.75) is 21.2 Å². The number of halogens is 4. The van der Waals surface area contributed by atoms with Crippen molar-refractivity contribution in [2.24, 2.45) is 0 Å². The van der Waals surface area contributed by atoms with Crippen LogP contribution in [0.15, 0.2) is 82.6 Å². The van der Waals surface area contributed by atoms with Crippen LogP contribution in [0, 0.1) is 0 Å². The summed E-state index contributed by atoms with van der Waals surface area (Å²) < 4.78 is 91.0. The Morgan fingerprint density at radius 2 is 1.36 bits per heavy atom. The van der Waals surface area contributed by atoms with Crippen molar-refractivity contribution in [3.8, 4) is 11.1 Å². The number of hydrogen-bond donors (Lipinski definition) is 0. The molecule has 0 aromatic heterocycles. The summed E-state index contributed by atoms with van der Waals surface area (Å²) in [6, 6.07) is 15.8. The van der Waals surface area contributed by atoms with E-state index >= 15 is 0 Å². The third-order valence-corrected chi connectivity index (χ3v) is 9.61. The van der Waals surface area contributed by atoms with E-state index in [0.717, 1.165) is 16.4 Å². The second kappa shape index (κ2) is 8.43. The van der Waals surface area contributed by atoms with E-state index in [4.69, 9.17) is 11.6 Å². The van der Waals surface area contributed by atoms with Gasteiger partial charge in [0.1, 0.15) is 0 Å². The highest BCUT2D eigenvalue weighted by molar-refractivity contribution is 7.92. The van der Waals surface area contributed by atoms with Crippen molar-refractivity contribution in [3.05, 3.63) is 83.4 Å². The molecule has 5 nitrogen and oxygen atoms in total. The summed E-state index contributed by atoms with van der Waals surface area (Å²) in [7, 11) is -7.66. The van der Waals surface area contributed by atoms with Gasteiger partial charge in [0.15, 0.2) is 9.84 Å². The first kappa shape index (κ1) is 23.7. The minimum atomic E-state index is -4.49. The van der Waals surface area contributed by atoms with Gasteiger partial charge in [-0.3, -0.25) is 0 Å². The van der Waals surface area contributed by atoms with Crippen molar-refractivity contribution in [1.82, 2.24) is 4.31 Å². The summed E-state index contributed by atoms with van der Waals surface area (Å²) in [5.41, 5.74) is -0.0797. The van der Waals surface area contributed by atoms with Gasteiger partial charge >= 0.3 is 6.18 Å². The highest BCUT2D eigenvalue weighted by Crippen LogP contribution is 2.33. The molecule has 1 fully saturated rings. The van der Waals surface area contributed by atoms with Crippen LogP contribution >= 0.6 is 11.6 Å². The zero-order valence-electron chi connectivity index (χ0n) is 16.8. The maximum Gasteiger partial charge on any atom is 0.416 e. The molecule has 3 aromatic rings. The molecule has 0 aliphatic carbocycles. The number of sulfone groups is 1. The van der Waals surface area contributed by atoms with Crippen LogP contribution in [0.3, 0.4) is 0 Å². The average molecular weight is 516 g/mol. The average Bonchev–Trinajstić information content (AvgIpc) is 2.72. The molecule has 1 saturated heterocycles. The third-order valence-electron chi connectivity index (χ3n) is 5.41. The highest BCUT2D eigenvalue weighted by atomic mass is 35.5. The lowest BCUT2D eigenvalue weighted by Gasteiger charge is -2.37. The molecule has 0 N–H and O–H groups in total. The van der Waals surface area contributed by atoms with Gasteiger partial charge in [0.25, 0.3) is 0 Å². The van der Waals surface area contributed by atoms with E-state index in [0.29, 0.717) is 16.1 Å². The van der Waals surface area contributed by atoms with Gasteiger partial charge in [0.05, 0.1) is 20.6 Å². The van der Waals surface area contributed by atoms with Crippen LogP contribution in [0.2, 0.25) is 5.02 Å². The number of rotatable bonds is 5. The molecule has 4 rings (SSSR count). The molecule has 0 saturated carbocycles. The fourth-order valence-corrected chi connectivity index (χ4v) is 6.95. The Hall–Kier alpha value is -2.40. The molecular formula is C22H17ClF3NO4S2. The molecule has 3 aromatic carbocycles. The standard InChI is InChI=1S/C22H17ClF3NO4S2/c23-18-6-10-19(11-7-18)32(28,29)21-13-27(14-21)33(30,31)20-8-4-15(5-9-20)16-2-1-3-17(12-16)22(24,25)26/h1-12,21H,13-14H2. The van der Waals surface area contributed by atoms with E-state index in [1.807, 2.05) is 0 Å². The zero-order valence-corrected chi connectivity index (χ0v) is 19.2. The van der Waals surface area contributed by atoms with Crippen molar-refractivity contribution < 1.29 is 30.0 Å². The number of nitrogens with zero attached hydrogens (tertiary/aromatic N) is 1. The van der Waals surface area contributed by atoms with Crippen LogP contribution in [0.5, 0.6) is 0 Å². The Morgan fingerprint density at radius 3 is 1.94 bits per heavy atom. The zero-order chi connectivity index (χ0) is 24.0. The molecule has 0 spiro atoms. The van der Waals surface area contributed by atoms with E-state index in [1.54, 1.807) is 0 Å². The van der Waals surface area contributed by atoms with Crippen molar-refractivity contribution in [3.63, 3.8) is 0 Å². The largest absolute Gasteiger partial charge is 0.416 e. The summed E-state index contributed by atoms with van der Waals surface area (Å²) in [6.45, 7) is -0.384. The van der Waals surface area contributed by atoms with Crippen LogP contribution < -0.4 is 0 Å². The van der Waals surface area contributed by atoms with Crippen molar-refractivity contribution in [1.29, 1.82) is 0 Å². The number of benzene rings is 3. The molecule has 0 bridgehead atoms. The summed E-state index contributed by atoms with van der Waals surface area (Å²) in [6.07, 6.45) is -4.49. The molecule has 174 valence electrons. The summed E-state index contributed by atoms with van der Waals surface area (Å²) in [5.74, 6) is 0. The molecule has 0 atom stereocenters. The van der Waals surface area contributed by atoms with Gasteiger partial charge in [0, 0.05) is 18.1 Å². The molecule has 1 heterocycles. The number of sulfonamides is 1. The van der Waals surface area contributed by atoms with Gasteiger partial charge < -0.3 is 0 Å². The Kier molecular flexibility index (Phi) is 6.06. The van der Waals surface area contributed by atoms with Crippen LogP contribution in [-0.2, 0) is 26.0 Å². The monoisotopic (exact) mass is 515 g/mol. The Labute approximate surface area is 194 Å². The van der Waals surface area contributed by atoms with Gasteiger partial charge in [-0.2, -0.15) is 17.5 Å². The fourth-order valence-electron chi connectivity index (χ4n) is 3.45. The smallest absolute Gasteiger partial charge is 0.223 e. The Bertz CT molecular complexity index is 1380. The van der Waals surface area contributed by atoms with Crippen LogP contribution in [0.4, 0.5) is 13.2 Å². The van der Waals surface area contributed by atoms with E-state index < -0.39 is 36.9 Å². The first-order valence-electron chi connectivity index (χ1n) is 9.66. The number of alkyl halides is 3. The van der Waals surface area contributed by atoms with E-state index in [1.165, 1.54) is 60.7 Å². The highest BCUT2D eigenvalue weighted by Gasteiger charge is 2.44. The molecule has 1 aliphatic rings. The van der Waals surface area contributed by atoms with E-state index in [-0.39, 0.29) is 22.9 Å². The van der Waals surface area contributed by atoms with Crippen molar-refractivity contribution >= 4 is 31.5 Å². The second-order valence-corrected chi connectivity index (χ2v) is 12.1. The van der Waals surface area contributed by atoms with Gasteiger partial charge in [0.2, 0.25) is 10.0 Å². The minimum absolute atomic E-state index is 0.0689. The van der Waals surface area contributed by atoms with Crippen LogP contribution in [0.25, 0.3) is 11.1 Å². The Balaban J connectivity index is 1.50. The maximum absolute atomic E-state index is 12.9. The first-order valence-corrected chi connectivity index (χ1v) is 13.0. The summed E-state index contributed by atoms with van der Waals surface area (Å²) in [4.78, 5) is -0.0000417. The molecular weight excluding hydrogens is 499 g/mol. The Morgan fingerprint density at radius 1 is 0.788 bits per heavy atom. The summed E-state index contributed by atoms with van der Waals surface area (Å²) >= 11 is 5.79. The predicted molar refractivity (Wildman–Crippen MR) is 118 cm³/mol. The fraction of sp³-hybridized carbons (Fsp3) is 0.182. The number of hydrogen-bond acceptors (Lipinski definition) is 4. The van der Waals surface area contributed by atoms with Crippen LogP contribution in [-0.4, -0.2) is 39.5 Å². The van der Waals surface area contributed by atoms with Gasteiger partial charge in [-0.25, -0.2) is 16.8 Å². The topological polar surface area (TPSA) is 71.5 Å². The lowest BCUT2D eigenvalue weighted by Crippen LogP contribution is -2.56. The molecule has 0 unspecified atom stereocenters. The third kappa shape index (κ3) is 4.65. The SMILES string of the molecule is O=S(=O)(c1ccc(Cl)cc1)C1CN(S(=O)(=O)c2ccc(-c3cccc(C(F)(F)F)c3)cc2)C1. The van der Waals surface area contributed by atoms with Gasteiger partial charge in [-0.05, 0) is 59.7 Å². The molecule has 11 heteroatoms. The normalized spacial score (nSPS) is 15.9. The molecule has 0 radical (unpaired) electrons. The predicted octanol–water partition coefficient (Wildman–Crippen LogP) is 4.87. The van der Waals surface area contributed by atoms with Gasteiger partial charge in [-0.15, -0.1) is 0 Å². The second-order valence-electron chi connectivity index (χ2n) is 7.55. The van der Waals surface area contributed by atoms with E-state index in [2.05, 4.69) is 0 Å². The van der Waals surface area contributed by atoms with Gasteiger partial charge in [-0.1, -0.05) is 35.9 Å². The maximum atomic E-state index is 12.9. The first-order chi connectivity index (χ1) is 15.4. The van der Waals surface area contributed by atoms with Crippen molar-refractivity contribution in [2.75, 3.05) is 13.1 Å². The lowest BCUT2D eigenvalue weighted by atomic mass is 10.0. The molecule has 33 heavy (non-hydrogen) atoms. The quantitative estimate of drug-likeness (QED) is 0.486. The minimum Gasteiger partial charge on any atom is -0.223 e. The molecule has 0 amide bonds. The van der Waals surface area contributed by atoms with E-state index in [9.17, 15) is 30.0 Å². The van der Waals surface area contributed by atoms with Crippen LogP contribution in [0.1, 0.15) is 5.56 Å².